The molecule has 0 N–H and O–H groups in total. The Morgan fingerprint density at radius 1 is 1.29 bits per heavy atom. The van der Waals surface area contributed by atoms with Crippen molar-refractivity contribution in [2.45, 2.75) is 37.9 Å². The first kappa shape index (κ1) is 11.5. The second-order valence-corrected chi connectivity index (χ2v) is 5.52. The van der Waals surface area contributed by atoms with Crippen LogP contribution in [0.25, 0.3) is 0 Å². The maximum Gasteiger partial charge on any atom is 0.172 e. The molecular weight excluding hydrogens is 212 g/mol. The first-order chi connectivity index (χ1) is 8.36. The van der Waals surface area contributed by atoms with E-state index in [0.29, 0.717) is 11.8 Å². The van der Waals surface area contributed by atoms with Crippen LogP contribution in [-0.4, -0.2) is 19.0 Å². The molecule has 3 rings (SSSR count). The zero-order valence-electron chi connectivity index (χ0n) is 10.4. The lowest BCUT2D eigenvalue weighted by Crippen LogP contribution is -2.40. The number of hydrogen-bond acceptors (Lipinski definition) is 2. The second kappa shape index (κ2) is 4.58. The molecule has 0 amide bonds. The van der Waals surface area contributed by atoms with Gasteiger partial charge >= 0.3 is 0 Å². The minimum Gasteiger partial charge on any atom is -0.347 e. The fourth-order valence-electron chi connectivity index (χ4n) is 3.95. The molecule has 94 valence electrons. The largest absolute Gasteiger partial charge is 0.347 e. The average molecular weight is 234 g/mol. The van der Waals surface area contributed by atoms with Crippen molar-refractivity contribution in [1.29, 1.82) is 0 Å². The number of ether oxygens (including phenoxy) is 2. The summed E-state index contributed by atoms with van der Waals surface area (Å²) in [5, 5.41) is 0. The van der Waals surface area contributed by atoms with Gasteiger partial charge in [0.15, 0.2) is 5.79 Å². The molecule has 0 unspecified atom stereocenters. The smallest absolute Gasteiger partial charge is 0.172 e. The third-order valence-corrected chi connectivity index (χ3v) is 4.69. The van der Waals surface area contributed by atoms with Crippen LogP contribution in [0.2, 0.25) is 0 Å². The summed E-state index contributed by atoms with van der Waals surface area (Å²) in [4.78, 5) is 0. The highest BCUT2D eigenvalue weighted by atomic mass is 16.7. The Balaban J connectivity index is 1.85. The summed E-state index contributed by atoms with van der Waals surface area (Å²) in [6, 6.07) is 0. The maximum atomic E-state index is 6.01. The fourth-order valence-corrected chi connectivity index (χ4v) is 3.95. The van der Waals surface area contributed by atoms with Gasteiger partial charge in [0.2, 0.25) is 0 Å². The van der Waals surface area contributed by atoms with Crippen LogP contribution >= 0.6 is 0 Å². The van der Waals surface area contributed by atoms with Crippen LogP contribution in [0.1, 0.15) is 32.1 Å². The van der Waals surface area contributed by atoms with Crippen LogP contribution < -0.4 is 0 Å². The second-order valence-electron chi connectivity index (χ2n) is 5.52. The van der Waals surface area contributed by atoms with Crippen LogP contribution in [0.4, 0.5) is 0 Å². The van der Waals surface area contributed by atoms with Crippen LogP contribution in [-0.2, 0) is 9.47 Å². The predicted octanol–water partition coefficient (Wildman–Crippen LogP) is 3.30. The molecule has 3 aliphatic rings. The molecule has 0 radical (unpaired) electrons. The Hall–Kier alpha value is -0.600. The first-order valence-electron chi connectivity index (χ1n) is 6.91. The Labute approximate surface area is 104 Å². The number of fused-ring (bicyclic) bond motifs is 2. The third-order valence-electron chi connectivity index (χ3n) is 4.69. The van der Waals surface area contributed by atoms with Crippen molar-refractivity contribution >= 4 is 0 Å². The average Bonchev–Trinajstić information content (AvgIpc) is 2.89. The monoisotopic (exact) mass is 234 g/mol. The lowest BCUT2D eigenvalue weighted by Gasteiger charge is -2.35. The molecule has 2 aliphatic carbocycles. The molecule has 1 heterocycles. The molecule has 1 saturated heterocycles. The minimum atomic E-state index is -0.260. The van der Waals surface area contributed by atoms with Crippen molar-refractivity contribution in [2.24, 2.45) is 17.8 Å². The van der Waals surface area contributed by atoms with Crippen molar-refractivity contribution in [3.63, 3.8) is 0 Å². The van der Waals surface area contributed by atoms with Crippen LogP contribution in [0.15, 0.2) is 24.8 Å². The molecule has 0 aromatic heterocycles. The van der Waals surface area contributed by atoms with Gasteiger partial charge in [0, 0.05) is 12.3 Å². The van der Waals surface area contributed by atoms with Crippen molar-refractivity contribution in [3.8, 4) is 0 Å². The molecular formula is C15H22O2. The Bertz CT molecular complexity index is 315. The zero-order valence-corrected chi connectivity index (χ0v) is 10.4. The molecule has 1 spiro atoms. The Morgan fingerprint density at radius 3 is 2.88 bits per heavy atom. The summed E-state index contributed by atoms with van der Waals surface area (Å²) in [5.74, 6) is 1.68. The predicted molar refractivity (Wildman–Crippen MR) is 67.5 cm³/mol. The van der Waals surface area contributed by atoms with E-state index in [0.717, 1.165) is 38.4 Å². The van der Waals surface area contributed by atoms with Crippen LogP contribution in [0.5, 0.6) is 0 Å². The van der Waals surface area contributed by atoms with E-state index >= 15 is 0 Å². The lowest BCUT2D eigenvalue weighted by atomic mass is 9.83. The van der Waals surface area contributed by atoms with E-state index in [-0.39, 0.29) is 5.79 Å². The van der Waals surface area contributed by atoms with Crippen LogP contribution in [0.3, 0.4) is 0 Å². The van der Waals surface area contributed by atoms with Crippen molar-refractivity contribution in [2.75, 3.05) is 13.2 Å². The molecule has 0 aromatic carbocycles. The maximum absolute atomic E-state index is 6.01. The molecule has 2 heteroatoms. The first-order valence-corrected chi connectivity index (χ1v) is 6.91. The molecule has 0 aromatic rings. The summed E-state index contributed by atoms with van der Waals surface area (Å²) in [6.07, 6.45) is 12.6. The summed E-state index contributed by atoms with van der Waals surface area (Å²) < 4.78 is 12.0. The van der Waals surface area contributed by atoms with E-state index < -0.39 is 0 Å². The standard InChI is InChI=1S/C15H22O2/c1-2-5-12-7-8-14-13(12)6-3-4-9-15(14)16-10-11-17-15/h2-3,6,12-14H,1,4-5,7-11H2/t12-,13-,14-/m1/s1. The van der Waals surface area contributed by atoms with Gasteiger partial charge < -0.3 is 9.47 Å². The molecule has 1 saturated carbocycles. The highest BCUT2D eigenvalue weighted by Gasteiger charge is 2.51. The summed E-state index contributed by atoms with van der Waals surface area (Å²) >= 11 is 0. The van der Waals surface area contributed by atoms with Gasteiger partial charge in [-0.1, -0.05) is 18.2 Å². The van der Waals surface area contributed by atoms with Gasteiger partial charge in [-0.2, -0.15) is 0 Å². The van der Waals surface area contributed by atoms with E-state index in [1.807, 2.05) is 0 Å². The number of hydrogen-bond donors (Lipinski definition) is 0. The van der Waals surface area contributed by atoms with Gasteiger partial charge in [-0.3, -0.25) is 0 Å². The van der Waals surface area contributed by atoms with Gasteiger partial charge in [0.25, 0.3) is 0 Å². The van der Waals surface area contributed by atoms with Gasteiger partial charge in [-0.25, -0.2) is 0 Å². The molecule has 3 atom stereocenters. The van der Waals surface area contributed by atoms with Gasteiger partial charge in [-0.05, 0) is 37.5 Å². The number of rotatable bonds is 2. The van der Waals surface area contributed by atoms with E-state index in [9.17, 15) is 0 Å². The van der Waals surface area contributed by atoms with Gasteiger partial charge in [0.05, 0.1) is 13.2 Å². The normalized spacial score (nSPS) is 39.2. The zero-order chi connectivity index (χ0) is 11.7. The topological polar surface area (TPSA) is 18.5 Å². The SMILES string of the molecule is C=CC[C@@H]1CC[C@@H]2[C@@H]1C=CCCC21OCCO1. The summed E-state index contributed by atoms with van der Waals surface area (Å²) in [6.45, 7) is 5.43. The molecule has 2 nitrogen and oxygen atoms in total. The van der Waals surface area contributed by atoms with Gasteiger partial charge in [-0.15, -0.1) is 6.58 Å². The van der Waals surface area contributed by atoms with Crippen LogP contribution in [0, 0.1) is 17.8 Å². The van der Waals surface area contributed by atoms with E-state index in [1.54, 1.807) is 0 Å². The van der Waals surface area contributed by atoms with Crippen molar-refractivity contribution < 1.29 is 9.47 Å². The van der Waals surface area contributed by atoms with E-state index in [4.69, 9.17) is 9.47 Å². The number of allylic oxidation sites excluding steroid dienone is 3. The third kappa shape index (κ3) is 1.88. The lowest BCUT2D eigenvalue weighted by molar-refractivity contribution is -0.203. The minimum absolute atomic E-state index is 0.260. The van der Waals surface area contributed by atoms with Crippen molar-refractivity contribution in [1.82, 2.24) is 0 Å². The Morgan fingerprint density at radius 2 is 2.12 bits per heavy atom. The summed E-state index contributed by atoms with van der Waals surface area (Å²) in [5.41, 5.74) is 0. The van der Waals surface area contributed by atoms with Gasteiger partial charge in [0.1, 0.15) is 0 Å². The highest BCUT2D eigenvalue weighted by Crippen LogP contribution is 2.51. The summed E-state index contributed by atoms with van der Waals surface area (Å²) in [7, 11) is 0. The fraction of sp³-hybridized carbons (Fsp3) is 0.733. The van der Waals surface area contributed by atoms with E-state index in [1.165, 1.54) is 12.8 Å². The molecule has 2 fully saturated rings. The van der Waals surface area contributed by atoms with Crippen molar-refractivity contribution in [3.05, 3.63) is 24.8 Å². The quantitative estimate of drug-likeness (QED) is 0.682. The highest BCUT2D eigenvalue weighted by molar-refractivity contribution is 5.08. The van der Waals surface area contributed by atoms with E-state index in [2.05, 4.69) is 24.8 Å². The molecule has 1 aliphatic heterocycles. The Kier molecular flexibility index (Phi) is 3.10. The molecule has 17 heavy (non-hydrogen) atoms. The molecule has 0 bridgehead atoms.